The monoisotopic (exact) mass is 289 g/mol. The van der Waals surface area contributed by atoms with Crippen LogP contribution in [0.1, 0.15) is 0 Å². The number of rotatable bonds is 3. The quantitative estimate of drug-likeness (QED) is 0.720. The highest BCUT2D eigenvalue weighted by Gasteiger charge is 2.14. The van der Waals surface area contributed by atoms with Crippen molar-refractivity contribution in [3.63, 3.8) is 0 Å². The van der Waals surface area contributed by atoms with Crippen LogP contribution < -0.4 is 10.5 Å². The molecule has 0 aliphatic carbocycles. The summed E-state index contributed by atoms with van der Waals surface area (Å²) in [6.07, 6.45) is 1.31. The second-order valence-electron chi connectivity index (χ2n) is 4.21. The highest BCUT2D eigenvalue weighted by molar-refractivity contribution is 7.92. The Morgan fingerprint density at radius 3 is 2.60 bits per heavy atom. The smallest absolute Gasteiger partial charge is 0.261 e. The topological polar surface area (TPSA) is 98.2 Å². The number of benzene rings is 2. The molecule has 0 aliphatic rings. The summed E-state index contributed by atoms with van der Waals surface area (Å²) in [5, 5.41) is 0. The standard InChI is InChI=1S/C13H11N3O3S/c14-9-1-4-11(5-2-9)20(17,18)16-10-3-6-13-12(7-10)15-8-19-13/h1-8,16H,14H2. The lowest BCUT2D eigenvalue weighted by Gasteiger charge is -2.08. The molecule has 20 heavy (non-hydrogen) atoms. The molecule has 102 valence electrons. The maximum Gasteiger partial charge on any atom is 0.261 e. The Labute approximate surface area is 115 Å². The van der Waals surface area contributed by atoms with Crippen molar-refractivity contribution in [2.45, 2.75) is 4.90 Å². The minimum absolute atomic E-state index is 0.145. The molecule has 2 aromatic carbocycles. The summed E-state index contributed by atoms with van der Waals surface area (Å²) in [4.78, 5) is 4.12. The number of sulfonamides is 1. The molecule has 0 radical (unpaired) electrons. The molecule has 3 N–H and O–H groups in total. The van der Waals surface area contributed by atoms with Gasteiger partial charge in [0.15, 0.2) is 12.0 Å². The second-order valence-corrected chi connectivity index (χ2v) is 5.89. The molecule has 1 aromatic heterocycles. The van der Waals surface area contributed by atoms with E-state index in [-0.39, 0.29) is 4.90 Å². The molecule has 0 bridgehead atoms. The average Bonchev–Trinajstić information content (AvgIpc) is 2.86. The molecule has 3 rings (SSSR count). The van der Waals surface area contributed by atoms with Crippen LogP contribution in [0.25, 0.3) is 11.1 Å². The van der Waals surface area contributed by atoms with E-state index in [1.807, 2.05) is 0 Å². The highest BCUT2D eigenvalue weighted by Crippen LogP contribution is 2.21. The van der Waals surface area contributed by atoms with Gasteiger partial charge >= 0.3 is 0 Å². The predicted octanol–water partition coefficient (Wildman–Crippen LogP) is 2.21. The van der Waals surface area contributed by atoms with Crippen molar-refractivity contribution >= 4 is 32.5 Å². The first-order valence-electron chi connectivity index (χ1n) is 5.76. The third-order valence-corrected chi connectivity index (χ3v) is 4.17. The van der Waals surface area contributed by atoms with Crippen molar-refractivity contribution in [3.05, 3.63) is 48.9 Å². The molecule has 0 fully saturated rings. The molecule has 0 atom stereocenters. The third kappa shape index (κ3) is 2.30. The van der Waals surface area contributed by atoms with Crippen LogP contribution in [0.2, 0.25) is 0 Å². The fraction of sp³-hybridized carbons (Fsp3) is 0. The first-order valence-corrected chi connectivity index (χ1v) is 7.24. The van der Waals surface area contributed by atoms with Crippen molar-refractivity contribution in [3.8, 4) is 0 Å². The van der Waals surface area contributed by atoms with Crippen LogP contribution in [0, 0.1) is 0 Å². The molecule has 7 heteroatoms. The third-order valence-electron chi connectivity index (χ3n) is 2.77. The average molecular weight is 289 g/mol. The van der Waals surface area contributed by atoms with Crippen LogP contribution in [0.15, 0.2) is 58.2 Å². The van der Waals surface area contributed by atoms with Gasteiger partial charge in [-0.3, -0.25) is 4.72 Å². The molecule has 3 aromatic rings. The van der Waals surface area contributed by atoms with E-state index in [1.165, 1.54) is 30.7 Å². The van der Waals surface area contributed by atoms with Gasteiger partial charge in [-0.1, -0.05) is 0 Å². The summed E-state index contributed by atoms with van der Waals surface area (Å²) >= 11 is 0. The van der Waals surface area contributed by atoms with Crippen molar-refractivity contribution in [2.24, 2.45) is 0 Å². The van der Waals surface area contributed by atoms with Crippen LogP contribution in [0.5, 0.6) is 0 Å². The summed E-state index contributed by atoms with van der Waals surface area (Å²) < 4.78 is 32.0. The van der Waals surface area contributed by atoms with E-state index in [0.717, 1.165) is 0 Å². The molecular formula is C13H11N3O3S. The Hall–Kier alpha value is -2.54. The van der Waals surface area contributed by atoms with Gasteiger partial charge in [0.05, 0.1) is 10.6 Å². The largest absolute Gasteiger partial charge is 0.443 e. The summed E-state index contributed by atoms with van der Waals surface area (Å²) in [6.45, 7) is 0. The maximum absolute atomic E-state index is 12.2. The van der Waals surface area contributed by atoms with Crippen LogP contribution in [-0.2, 0) is 10.0 Å². The Morgan fingerprint density at radius 1 is 1.10 bits per heavy atom. The fourth-order valence-electron chi connectivity index (χ4n) is 1.78. The van der Waals surface area contributed by atoms with Gasteiger partial charge in [-0.2, -0.15) is 0 Å². The normalized spacial score (nSPS) is 11.6. The number of anilines is 2. The van der Waals surface area contributed by atoms with Gasteiger partial charge in [0.1, 0.15) is 5.52 Å². The van der Waals surface area contributed by atoms with Gasteiger partial charge in [0.25, 0.3) is 10.0 Å². The second kappa shape index (κ2) is 4.53. The fourth-order valence-corrected chi connectivity index (χ4v) is 2.83. The Bertz CT molecular complexity index is 854. The number of nitrogens with one attached hydrogen (secondary N) is 1. The molecule has 0 spiro atoms. The zero-order valence-corrected chi connectivity index (χ0v) is 11.1. The number of hydrogen-bond donors (Lipinski definition) is 2. The van der Waals surface area contributed by atoms with Gasteiger partial charge < -0.3 is 10.2 Å². The van der Waals surface area contributed by atoms with E-state index in [9.17, 15) is 8.42 Å². The molecule has 0 unspecified atom stereocenters. The number of nitrogen functional groups attached to an aromatic ring is 1. The van der Waals surface area contributed by atoms with Crippen LogP contribution in [0.4, 0.5) is 11.4 Å². The highest BCUT2D eigenvalue weighted by atomic mass is 32.2. The van der Waals surface area contributed by atoms with Gasteiger partial charge in [0, 0.05) is 5.69 Å². The Morgan fingerprint density at radius 2 is 1.85 bits per heavy atom. The first-order chi connectivity index (χ1) is 9.54. The number of aromatic nitrogens is 1. The van der Waals surface area contributed by atoms with Crippen molar-refractivity contribution in [1.82, 2.24) is 4.98 Å². The summed E-state index contributed by atoms with van der Waals surface area (Å²) in [5.74, 6) is 0. The molecule has 1 heterocycles. The van der Waals surface area contributed by atoms with Gasteiger partial charge in [-0.05, 0) is 42.5 Å². The maximum atomic E-state index is 12.2. The van der Waals surface area contributed by atoms with Crippen LogP contribution >= 0.6 is 0 Å². The van der Waals surface area contributed by atoms with E-state index in [0.29, 0.717) is 22.5 Å². The lowest BCUT2D eigenvalue weighted by Crippen LogP contribution is -2.12. The van der Waals surface area contributed by atoms with Crippen molar-refractivity contribution in [1.29, 1.82) is 0 Å². The van der Waals surface area contributed by atoms with E-state index < -0.39 is 10.0 Å². The van der Waals surface area contributed by atoms with E-state index in [4.69, 9.17) is 10.2 Å². The first kappa shape index (κ1) is 12.5. The van der Waals surface area contributed by atoms with Gasteiger partial charge in [0.2, 0.25) is 0 Å². The zero-order chi connectivity index (χ0) is 14.2. The van der Waals surface area contributed by atoms with Crippen molar-refractivity contribution in [2.75, 3.05) is 10.5 Å². The Kier molecular flexibility index (Phi) is 2.83. The zero-order valence-electron chi connectivity index (χ0n) is 10.3. The van der Waals surface area contributed by atoms with Crippen LogP contribution in [0.3, 0.4) is 0 Å². The van der Waals surface area contributed by atoms with Gasteiger partial charge in [-0.15, -0.1) is 0 Å². The van der Waals surface area contributed by atoms with Crippen LogP contribution in [-0.4, -0.2) is 13.4 Å². The predicted molar refractivity (Wildman–Crippen MR) is 75.7 cm³/mol. The summed E-state index contributed by atoms with van der Waals surface area (Å²) in [6, 6.07) is 10.8. The van der Waals surface area contributed by atoms with Crippen molar-refractivity contribution < 1.29 is 12.8 Å². The number of nitrogens with zero attached hydrogens (tertiary/aromatic N) is 1. The van der Waals surface area contributed by atoms with Gasteiger partial charge in [-0.25, -0.2) is 13.4 Å². The molecular weight excluding hydrogens is 278 g/mol. The number of nitrogens with two attached hydrogens (primary N) is 1. The van der Waals surface area contributed by atoms with E-state index in [2.05, 4.69) is 9.71 Å². The molecule has 0 saturated heterocycles. The molecule has 0 saturated carbocycles. The summed E-state index contributed by atoms with van der Waals surface area (Å²) in [5.41, 5.74) is 7.65. The minimum Gasteiger partial charge on any atom is -0.443 e. The number of fused-ring (bicyclic) bond motifs is 1. The lowest BCUT2D eigenvalue weighted by atomic mass is 10.3. The number of hydrogen-bond acceptors (Lipinski definition) is 5. The summed E-state index contributed by atoms with van der Waals surface area (Å²) in [7, 11) is -3.65. The van der Waals surface area contributed by atoms with E-state index >= 15 is 0 Å². The molecule has 6 nitrogen and oxygen atoms in total. The minimum atomic E-state index is -3.65. The molecule has 0 amide bonds. The van der Waals surface area contributed by atoms with E-state index in [1.54, 1.807) is 18.2 Å². The molecule has 0 aliphatic heterocycles. The lowest BCUT2D eigenvalue weighted by molar-refractivity contribution is 0.600. The Balaban J connectivity index is 1.94. The SMILES string of the molecule is Nc1ccc(S(=O)(=O)Nc2ccc3ocnc3c2)cc1. The number of oxazole rings is 1.